The van der Waals surface area contributed by atoms with E-state index in [9.17, 15) is 0 Å². The zero-order valence-corrected chi connectivity index (χ0v) is 26.5. The second-order valence-electron chi connectivity index (χ2n) is 0. The summed E-state index contributed by atoms with van der Waals surface area (Å²) in [5.74, 6) is 0. The normalized spacial score (nSPS) is 0.500. The van der Waals surface area contributed by atoms with Crippen molar-refractivity contribution in [2.24, 2.45) is 0 Å². The third-order valence-electron chi connectivity index (χ3n) is 0. The fraction of sp³-hybridized carbons (Fsp3) is 0.333. The molecule has 0 aromatic rings. The first-order valence-electron chi connectivity index (χ1n) is 1.00. The van der Waals surface area contributed by atoms with Gasteiger partial charge in [0.25, 0.3) is 0 Å². The van der Waals surface area contributed by atoms with Crippen molar-refractivity contribution in [2.75, 3.05) is 0 Å². The summed E-state index contributed by atoms with van der Waals surface area (Å²) in [6.45, 7) is 4.00. The van der Waals surface area contributed by atoms with E-state index in [0.717, 1.165) is 0 Å². The van der Waals surface area contributed by atoms with E-state index in [2.05, 4.69) is 0 Å². The molecule has 0 heterocycles. The van der Waals surface area contributed by atoms with Crippen LogP contribution in [0.25, 0.3) is 0 Å². The van der Waals surface area contributed by atoms with Gasteiger partial charge in [-0.2, -0.15) is 0 Å². The zero-order valence-electron chi connectivity index (χ0n) is 9.46. The van der Waals surface area contributed by atoms with E-state index in [0.29, 0.717) is 0 Å². The molecule has 12 heavy (non-hydrogen) atoms. The molecule has 0 nitrogen and oxygen atoms in total. The van der Waals surface area contributed by atoms with Crippen molar-refractivity contribution in [3.8, 4) is 0 Å². The minimum atomic E-state index is 0. The molecule has 61 valence electrons. The van der Waals surface area contributed by atoms with Crippen molar-refractivity contribution in [3.63, 3.8) is 0 Å². The molecular formula is C6H18Y6-. The maximum atomic E-state index is 2.00. The molecule has 6 heteroatoms. The van der Waals surface area contributed by atoms with E-state index in [4.69, 9.17) is 0 Å². The molecule has 0 aliphatic rings. The molecule has 0 aromatic carbocycles. The Balaban J connectivity index is -0.000000000111. The van der Waals surface area contributed by atoms with Gasteiger partial charge in [0.05, 0.1) is 0 Å². The van der Waals surface area contributed by atoms with Crippen molar-refractivity contribution in [3.05, 3.63) is 29.7 Å². The van der Waals surface area contributed by atoms with E-state index >= 15 is 0 Å². The Morgan fingerprint density at radius 1 is 0.417 bits per heavy atom. The summed E-state index contributed by atoms with van der Waals surface area (Å²) in [6, 6.07) is 0. The Morgan fingerprint density at radius 2 is 0.417 bits per heavy atom. The van der Waals surface area contributed by atoms with Gasteiger partial charge >= 0.3 is 32.7 Å². The predicted octanol–water partition coefficient (Wildman–Crippen LogP) is 2.81. The van der Waals surface area contributed by atoms with Gasteiger partial charge in [-0.25, -0.2) is 0 Å². The summed E-state index contributed by atoms with van der Waals surface area (Å²) < 4.78 is 0. The topological polar surface area (TPSA) is 0 Å². The molecule has 0 fully saturated rings. The molecule has 0 rings (SSSR count). The van der Waals surface area contributed by atoms with Gasteiger partial charge in [-0.3, -0.25) is 0 Å². The molecule has 0 aliphatic heterocycles. The van der Waals surface area contributed by atoms with Crippen LogP contribution < -0.4 is 0 Å². The minimum absolute atomic E-state index is 0. The van der Waals surface area contributed by atoms with Crippen molar-refractivity contribution in [1.82, 2.24) is 0 Å². The van der Waals surface area contributed by atoms with E-state index in [1.54, 1.807) is 0 Å². The quantitative estimate of drug-likeness (QED) is 0.365. The average Bonchev–Trinajstić information content (AvgIpc) is 1.00. The first-order valence-corrected chi connectivity index (χ1v) is 1.00. The molecule has 0 unspecified atom stereocenters. The standard InChI is InChI=1S/C2H6.4CH3.6Y/c1-2;;;;;;;;;;/h1-2H3;4*1H3;;;;;;/q;4*-1;;;;;;+3. The summed E-state index contributed by atoms with van der Waals surface area (Å²) in [5, 5.41) is 0. The average molecular weight is 624 g/mol. The summed E-state index contributed by atoms with van der Waals surface area (Å²) in [5.41, 5.74) is 0. The van der Waals surface area contributed by atoms with E-state index < -0.39 is 0 Å². The number of rotatable bonds is 0. The molecule has 0 N–H and O–H groups in total. The van der Waals surface area contributed by atoms with Gasteiger partial charge in [0.1, 0.15) is 0 Å². The molecule has 0 saturated carbocycles. The Bertz CT molecular complexity index is 12.0. The monoisotopic (exact) mass is 624 g/mol. The third kappa shape index (κ3) is 92.5. The maximum absolute atomic E-state index is 2.00. The maximum Gasteiger partial charge on any atom is 3.00 e. The van der Waals surface area contributed by atoms with Crippen molar-refractivity contribution in [2.45, 2.75) is 13.8 Å². The molecule has 0 aromatic heterocycles. The fourth-order valence-corrected chi connectivity index (χ4v) is 0. The summed E-state index contributed by atoms with van der Waals surface area (Å²) in [6.07, 6.45) is 0. The van der Waals surface area contributed by atoms with Crippen molar-refractivity contribution >= 4 is 0 Å². The smallest absolute Gasteiger partial charge is 0.358 e. The zero-order chi connectivity index (χ0) is 2.00. The van der Waals surface area contributed by atoms with Gasteiger partial charge in [-0.05, 0) is 0 Å². The van der Waals surface area contributed by atoms with Gasteiger partial charge in [0, 0.05) is 164 Å². The van der Waals surface area contributed by atoms with E-state index in [1.807, 2.05) is 13.8 Å². The van der Waals surface area contributed by atoms with Crippen LogP contribution in [0.1, 0.15) is 13.8 Å². The van der Waals surface area contributed by atoms with Crippen LogP contribution in [0.15, 0.2) is 0 Å². The van der Waals surface area contributed by atoms with Gasteiger partial charge in [0.15, 0.2) is 0 Å². The predicted molar refractivity (Wildman–Crippen MR) is 37.0 cm³/mol. The Labute approximate surface area is 233 Å². The SMILES string of the molecule is CC.[CH3-].[CH3-].[CH3-].[CH3-].[Y+3].[Y].[Y].[Y].[Y].[Y]. The number of hydrogen-bond donors (Lipinski definition) is 0. The van der Waals surface area contributed by atoms with Crippen molar-refractivity contribution in [1.29, 1.82) is 0 Å². The Hall–Kier alpha value is 6.62. The summed E-state index contributed by atoms with van der Waals surface area (Å²) >= 11 is 0. The fourth-order valence-electron chi connectivity index (χ4n) is 0. The van der Waals surface area contributed by atoms with E-state index in [1.165, 1.54) is 0 Å². The van der Waals surface area contributed by atoms with Crippen LogP contribution in [0.3, 0.4) is 0 Å². The first kappa shape index (κ1) is 99.5. The van der Waals surface area contributed by atoms with Gasteiger partial charge < -0.3 is 29.7 Å². The Kier molecular flexibility index (Phi) is 921. The van der Waals surface area contributed by atoms with Gasteiger partial charge in [-0.1, -0.05) is 13.8 Å². The molecule has 0 amide bonds. The second-order valence-corrected chi connectivity index (χ2v) is 0. The molecule has 0 spiro atoms. The third-order valence-corrected chi connectivity index (χ3v) is 0. The molecule has 0 atom stereocenters. The summed E-state index contributed by atoms with van der Waals surface area (Å²) in [4.78, 5) is 0. The van der Waals surface area contributed by atoms with Crippen LogP contribution in [-0.4, -0.2) is 0 Å². The molecule has 0 aliphatic carbocycles. The van der Waals surface area contributed by atoms with Crippen LogP contribution in [0.5, 0.6) is 0 Å². The second kappa shape index (κ2) is 111. The van der Waals surface area contributed by atoms with Crippen LogP contribution in [0.2, 0.25) is 0 Å². The van der Waals surface area contributed by atoms with E-state index in [-0.39, 0.29) is 226 Å². The molecule has 0 bridgehead atoms. The summed E-state index contributed by atoms with van der Waals surface area (Å²) in [7, 11) is 0. The largest absolute Gasteiger partial charge is 3.00 e. The first-order chi connectivity index (χ1) is 1.00. The molecule has 5 radical (unpaired) electrons. The van der Waals surface area contributed by atoms with Crippen LogP contribution in [0.4, 0.5) is 0 Å². The van der Waals surface area contributed by atoms with Crippen molar-refractivity contribution < 1.29 is 196 Å². The molecular weight excluding hydrogens is 606 g/mol. The minimum Gasteiger partial charge on any atom is -0.358 e. The number of hydrogen-bond acceptors (Lipinski definition) is 0. The van der Waals surface area contributed by atoms with Gasteiger partial charge in [0.2, 0.25) is 0 Å². The van der Waals surface area contributed by atoms with Crippen LogP contribution in [-0.2, 0) is 196 Å². The molecule has 0 saturated heterocycles. The van der Waals surface area contributed by atoms with Crippen LogP contribution in [0, 0.1) is 29.7 Å². The van der Waals surface area contributed by atoms with Crippen LogP contribution >= 0.6 is 0 Å². The van der Waals surface area contributed by atoms with Gasteiger partial charge in [-0.15, -0.1) is 0 Å². The Morgan fingerprint density at radius 3 is 0.417 bits per heavy atom.